The molecule has 0 aliphatic rings. The quantitative estimate of drug-likeness (QED) is 0.895. The molecule has 0 saturated carbocycles. The lowest BCUT2D eigenvalue weighted by Gasteiger charge is -1.93. The van der Waals surface area contributed by atoms with Gasteiger partial charge in [0.05, 0.1) is 5.69 Å². The van der Waals surface area contributed by atoms with Crippen molar-refractivity contribution in [3.05, 3.63) is 34.6 Å². The Morgan fingerprint density at radius 1 is 1.33 bits per heavy atom. The van der Waals surface area contributed by atoms with Crippen LogP contribution in [-0.2, 0) is 6.42 Å². The summed E-state index contributed by atoms with van der Waals surface area (Å²) in [6.45, 7) is 0.569. The Morgan fingerprint density at radius 3 is 2.73 bits per heavy atom. The normalized spacial score (nSPS) is 10.5. The van der Waals surface area contributed by atoms with Gasteiger partial charge in [0, 0.05) is 24.4 Å². The molecule has 78 valence electrons. The number of nitrogens with two attached hydrogens (primary N) is 1. The molecule has 2 N–H and O–H groups in total. The Hall–Kier alpha value is -0.970. The van der Waals surface area contributed by atoms with Gasteiger partial charge in [-0.15, -0.1) is 11.3 Å². The Kier molecular flexibility index (Phi) is 3.30. The molecule has 0 amide bonds. The lowest BCUT2D eigenvalue weighted by atomic mass is 10.3. The van der Waals surface area contributed by atoms with Crippen LogP contribution < -0.4 is 5.73 Å². The molecule has 0 aromatic carbocycles. The fraction of sp³-hybridized carbons (Fsp3) is 0.200. The van der Waals surface area contributed by atoms with E-state index in [1.165, 1.54) is 11.3 Å². The number of hydrogen-bond acceptors (Lipinski definition) is 4. The molecule has 0 aliphatic heterocycles. The fourth-order valence-corrected chi connectivity index (χ4v) is 2.44. The third kappa shape index (κ3) is 2.34. The molecular formula is C10H10ClN3S. The number of nitrogens with zero attached hydrogens (tertiary/aromatic N) is 2. The van der Waals surface area contributed by atoms with Crippen molar-refractivity contribution in [1.82, 2.24) is 9.97 Å². The average molecular weight is 240 g/mol. The number of pyridine rings is 1. The van der Waals surface area contributed by atoms with Crippen molar-refractivity contribution in [3.8, 4) is 10.6 Å². The zero-order valence-electron chi connectivity index (χ0n) is 7.98. The van der Waals surface area contributed by atoms with Crippen LogP contribution in [0, 0.1) is 0 Å². The van der Waals surface area contributed by atoms with Crippen LogP contribution in [0.3, 0.4) is 0 Å². The summed E-state index contributed by atoms with van der Waals surface area (Å²) in [6, 6.07) is 3.84. The standard InChI is InChI=1S/C10H10ClN3S/c11-9-8(1-4-12)14-10(15-9)7-2-5-13-6-3-7/h2-3,5-6H,1,4,12H2. The van der Waals surface area contributed by atoms with Gasteiger partial charge in [-0.2, -0.15) is 0 Å². The Labute approximate surface area is 96.9 Å². The van der Waals surface area contributed by atoms with E-state index in [-0.39, 0.29) is 0 Å². The highest BCUT2D eigenvalue weighted by atomic mass is 35.5. The molecule has 0 atom stereocenters. The summed E-state index contributed by atoms with van der Waals surface area (Å²) >= 11 is 7.54. The van der Waals surface area contributed by atoms with Crippen LogP contribution in [0.4, 0.5) is 0 Å². The van der Waals surface area contributed by atoms with Gasteiger partial charge in [-0.3, -0.25) is 4.98 Å². The van der Waals surface area contributed by atoms with E-state index in [1.54, 1.807) is 12.4 Å². The first-order valence-corrected chi connectivity index (χ1v) is 5.76. The van der Waals surface area contributed by atoms with Crippen molar-refractivity contribution < 1.29 is 0 Å². The zero-order chi connectivity index (χ0) is 10.7. The maximum Gasteiger partial charge on any atom is 0.125 e. The number of rotatable bonds is 3. The van der Waals surface area contributed by atoms with Crippen molar-refractivity contribution >= 4 is 22.9 Å². The monoisotopic (exact) mass is 239 g/mol. The molecule has 0 spiro atoms. The van der Waals surface area contributed by atoms with Gasteiger partial charge >= 0.3 is 0 Å². The molecule has 2 aromatic heterocycles. The molecule has 0 radical (unpaired) electrons. The van der Waals surface area contributed by atoms with E-state index in [0.29, 0.717) is 6.54 Å². The predicted molar refractivity (Wildman–Crippen MR) is 63.1 cm³/mol. The van der Waals surface area contributed by atoms with E-state index in [0.717, 1.165) is 27.0 Å². The Morgan fingerprint density at radius 2 is 2.07 bits per heavy atom. The van der Waals surface area contributed by atoms with Gasteiger partial charge in [-0.1, -0.05) is 11.6 Å². The summed E-state index contributed by atoms with van der Waals surface area (Å²) in [5.74, 6) is 0. The van der Waals surface area contributed by atoms with Crippen LogP contribution in [-0.4, -0.2) is 16.5 Å². The molecular weight excluding hydrogens is 230 g/mol. The minimum atomic E-state index is 0.569. The number of halogens is 1. The lowest BCUT2D eigenvalue weighted by Crippen LogP contribution is -2.03. The van der Waals surface area contributed by atoms with Gasteiger partial charge in [0.25, 0.3) is 0 Å². The molecule has 0 saturated heterocycles. The molecule has 3 nitrogen and oxygen atoms in total. The molecule has 15 heavy (non-hydrogen) atoms. The van der Waals surface area contributed by atoms with E-state index in [9.17, 15) is 0 Å². The van der Waals surface area contributed by atoms with Crippen LogP contribution in [0.25, 0.3) is 10.6 Å². The van der Waals surface area contributed by atoms with Crippen molar-refractivity contribution in [2.45, 2.75) is 6.42 Å². The predicted octanol–water partition coefficient (Wildman–Crippen LogP) is 2.36. The molecule has 0 unspecified atom stereocenters. The van der Waals surface area contributed by atoms with E-state index in [1.807, 2.05) is 12.1 Å². The summed E-state index contributed by atoms with van der Waals surface area (Å²) < 4.78 is 0.729. The molecule has 5 heteroatoms. The number of thiazole rings is 1. The van der Waals surface area contributed by atoms with Gasteiger partial charge in [-0.25, -0.2) is 4.98 Å². The maximum absolute atomic E-state index is 6.06. The van der Waals surface area contributed by atoms with Gasteiger partial charge in [0.1, 0.15) is 9.34 Å². The second-order valence-electron chi connectivity index (χ2n) is 3.01. The summed E-state index contributed by atoms with van der Waals surface area (Å²) in [5, 5.41) is 0.922. The summed E-state index contributed by atoms with van der Waals surface area (Å²) in [4.78, 5) is 8.41. The second kappa shape index (κ2) is 4.70. The minimum Gasteiger partial charge on any atom is -0.330 e. The zero-order valence-corrected chi connectivity index (χ0v) is 9.55. The molecule has 0 bridgehead atoms. The summed E-state index contributed by atoms with van der Waals surface area (Å²) in [6.07, 6.45) is 4.21. The van der Waals surface area contributed by atoms with Crippen LogP contribution in [0.15, 0.2) is 24.5 Å². The lowest BCUT2D eigenvalue weighted by molar-refractivity contribution is 0.936. The highest BCUT2D eigenvalue weighted by Crippen LogP contribution is 2.31. The largest absolute Gasteiger partial charge is 0.330 e. The van der Waals surface area contributed by atoms with Crippen molar-refractivity contribution in [2.24, 2.45) is 5.73 Å². The van der Waals surface area contributed by atoms with E-state index in [2.05, 4.69) is 9.97 Å². The summed E-state index contributed by atoms with van der Waals surface area (Å²) in [7, 11) is 0. The number of aromatic nitrogens is 2. The third-order valence-corrected chi connectivity index (χ3v) is 3.34. The first-order valence-electron chi connectivity index (χ1n) is 4.57. The van der Waals surface area contributed by atoms with Gasteiger partial charge in [0.15, 0.2) is 0 Å². The van der Waals surface area contributed by atoms with Crippen LogP contribution in [0.1, 0.15) is 5.69 Å². The topological polar surface area (TPSA) is 51.8 Å². The molecule has 0 aliphatic carbocycles. The van der Waals surface area contributed by atoms with Crippen LogP contribution in [0.5, 0.6) is 0 Å². The SMILES string of the molecule is NCCc1nc(-c2ccncc2)sc1Cl. The highest BCUT2D eigenvalue weighted by Gasteiger charge is 2.09. The molecule has 2 rings (SSSR count). The first kappa shape index (κ1) is 10.5. The van der Waals surface area contributed by atoms with Crippen molar-refractivity contribution in [2.75, 3.05) is 6.54 Å². The summed E-state index contributed by atoms with van der Waals surface area (Å²) in [5.41, 5.74) is 7.40. The van der Waals surface area contributed by atoms with E-state index in [4.69, 9.17) is 17.3 Å². The molecule has 2 aromatic rings. The van der Waals surface area contributed by atoms with Gasteiger partial charge in [0.2, 0.25) is 0 Å². The maximum atomic E-state index is 6.06. The van der Waals surface area contributed by atoms with Gasteiger partial charge < -0.3 is 5.73 Å². The Bertz CT molecular complexity index is 441. The van der Waals surface area contributed by atoms with Crippen LogP contribution in [0.2, 0.25) is 4.34 Å². The van der Waals surface area contributed by atoms with Crippen molar-refractivity contribution in [3.63, 3.8) is 0 Å². The van der Waals surface area contributed by atoms with E-state index >= 15 is 0 Å². The minimum absolute atomic E-state index is 0.569. The molecule has 2 heterocycles. The second-order valence-corrected chi connectivity index (χ2v) is 4.62. The first-order chi connectivity index (χ1) is 7.31. The van der Waals surface area contributed by atoms with Gasteiger partial charge in [-0.05, 0) is 18.7 Å². The van der Waals surface area contributed by atoms with E-state index < -0.39 is 0 Å². The average Bonchev–Trinajstić information content (AvgIpc) is 2.63. The van der Waals surface area contributed by atoms with Crippen LogP contribution >= 0.6 is 22.9 Å². The highest BCUT2D eigenvalue weighted by molar-refractivity contribution is 7.19. The number of hydrogen-bond donors (Lipinski definition) is 1. The third-order valence-electron chi connectivity index (χ3n) is 1.96. The fourth-order valence-electron chi connectivity index (χ4n) is 1.24. The molecule has 0 fully saturated rings. The smallest absolute Gasteiger partial charge is 0.125 e. The Balaban J connectivity index is 2.34. The van der Waals surface area contributed by atoms with Crippen molar-refractivity contribution in [1.29, 1.82) is 0 Å².